The maximum atomic E-state index is 5.31. The summed E-state index contributed by atoms with van der Waals surface area (Å²) in [4.78, 5) is 0. The fourth-order valence-corrected chi connectivity index (χ4v) is 3.57. The molecule has 0 amide bonds. The molecule has 0 nitrogen and oxygen atoms in total. The zero-order valence-corrected chi connectivity index (χ0v) is 13.9. The van der Waals surface area contributed by atoms with Gasteiger partial charge in [0.15, 0.2) is 0 Å². The van der Waals surface area contributed by atoms with E-state index in [1.165, 1.54) is 59.1 Å². The second-order valence-corrected chi connectivity index (χ2v) is 6.36. The third-order valence-electron chi connectivity index (χ3n) is 4.73. The number of hydrogen-bond donors (Lipinski definition) is 0. The first kappa shape index (κ1) is 15.6. The molecule has 23 heavy (non-hydrogen) atoms. The van der Waals surface area contributed by atoms with Crippen molar-refractivity contribution in [1.29, 1.82) is 0 Å². The number of unbranched alkanes of at least 4 members (excludes halogenated alkanes) is 4. The number of allylic oxidation sites excluding steroid dienone is 1. The third kappa shape index (κ3) is 3.25. The van der Waals surface area contributed by atoms with Gasteiger partial charge in [-0.25, -0.2) is 0 Å². The van der Waals surface area contributed by atoms with Crippen molar-refractivity contribution in [2.75, 3.05) is 0 Å². The number of hydrogen-bond acceptors (Lipinski definition) is 0. The van der Waals surface area contributed by atoms with Crippen molar-refractivity contribution in [2.45, 2.75) is 45.4 Å². The summed E-state index contributed by atoms with van der Waals surface area (Å²) >= 11 is 0. The maximum absolute atomic E-state index is 5.31. The summed E-state index contributed by atoms with van der Waals surface area (Å²) in [5.41, 5.74) is 8.54. The van der Waals surface area contributed by atoms with Gasteiger partial charge < -0.3 is 0 Å². The molecule has 0 N–H and O–H groups in total. The molecule has 0 heteroatoms. The Morgan fingerprint density at radius 2 is 1.30 bits per heavy atom. The highest BCUT2D eigenvalue weighted by molar-refractivity contribution is 6.01. The summed E-state index contributed by atoms with van der Waals surface area (Å²) in [6.45, 7) is 2.30. The fraction of sp³-hybridized carbons (Fsp3) is 0.304. The molecule has 0 unspecified atom stereocenters. The first-order chi connectivity index (χ1) is 11.3. The van der Waals surface area contributed by atoms with Gasteiger partial charge in [-0.05, 0) is 54.0 Å². The van der Waals surface area contributed by atoms with Gasteiger partial charge >= 0.3 is 0 Å². The molecule has 0 saturated heterocycles. The van der Waals surface area contributed by atoms with Crippen molar-refractivity contribution in [3.8, 4) is 23.5 Å². The molecule has 0 aliphatic heterocycles. The van der Waals surface area contributed by atoms with Crippen molar-refractivity contribution in [2.24, 2.45) is 0 Å². The highest BCUT2D eigenvalue weighted by atomic mass is 14.3. The summed E-state index contributed by atoms with van der Waals surface area (Å²) in [5.74, 6) is 2.72. The predicted molar refractivity (Wildman–Crippen MR) is 100 cm³/mol. The largest absolute Gasteiger partial charge is 0.120 e. The highest BCUT2D eigenvalue weighted by Gasteiger charge is 2.23. The minimum atomic E-state index is 0.917. The van der Waals surface area contributed by atoms with E-state index in [1.54, 1.807) is 0 Å². The normalized spacial score (nSPS) is 11.7. The lowest BCUT2D eigenvalue weighted by Crippen LogP contribution is -1.89. The molecule has 1 aliphatic rings. The molecule has 3 rings (SSSR count). The predicted octanol–water partition coefficient (Wildman–Crippen LogP) is 6.46. The average Bonchev–Trinajstić information content (AvgIpc) is 2.92. The standard InChI is InChI=1S/C23H24/c1-3-4-5-6-7-8-13-18(2)23-21-16-11-9-14-19(21)20-15-10-12-17-22(20)23/h1,9-12,14-17H,4-8,13H2,2H3. The zero-order chi connectivity index (χ0) is 16.1. The van der Waals surface area contributed by atoms with E-state index in [9.17, 15) is 0 Å². The van der Waals surface area contributed by atoms with Gasteiger partial charge in [-0.3, -0.25) is 0 Å². The Morgan fingerprint density at radius 3 is 1.87 bits per heavy atom. The fourth-order valence-electron chi connectivity index (χ4n) is 3.57. The van der Waals surface area contributed by atoms with E-state index in [0.717, 1.165) is 12.8 Å². The van der Waals surface area contributed by atoms with Crippen LogP contribution in [0.5, 0.6) is 0 Å². The number of rotatable bonds is 6. The van der Waals surface area contributed by atoms with Crippen LogP contribution < -0.4 is 0 Å². The van der Waals surface area contributed by atoms with Crippen LogP contribution in [0.4, 0.5) is 0 Å². The number of benzene rings is 2. The summed E-state index contributed by atoms with van der Waals surface area (Å²) < 4.78 is 0. The smallest absolute Gasteiger partial charge is 0.00860 e. The molecule has 2 aromatic rings. The van der Waals surface area contributed by atoms with Crippen LogP contribution in [0.25, 0.3) is 16.7 Å². The van der Waals surface area contributed by atoms with Gasteiger partial charge in [0.2, 0.25) is 0 Å². The van der Waals surface area contributed by atoms with Crippen LogP contribution in [0.3, 0.4) is 0 Å². The zero-order valence-electron chi connectivity index (χ0n) is 13.9. The van der Waals surface area contributed by atoms with Gasteiger partial charge in [-0.2, -0.15) is 0 Å². The van der Waals surface area contributed by atoms with Crippen LogP contribution in [0.1, 0.15) is 56.6 Å². The maximum Gasteiger partial charge on any atom is 0.00860 e. The average molecular weight is 300 g/mol. The molecule has 0 heterocycles. The molecular formula is C23H24. The van der Waals surface area contributed by atoms with Gasteiger partial charge in [-0.15, -0.1) is 12.3 Å². The molecule has 116 valence electrons. The lowest BCUT2D eigenvalue weighted by molar-refractivity contribution is 0.648. The van der Waals surface area contributed by atoms with Crippen LogP contribution in [0.2, 0.25) is 0 Å². The molecule has 0 fully saturated rings. The van der Waals surface area contributed by atoms with Gasteiger partial charge in [0.25, 0.3) is 0 Å². The first-order valence-electron chi connectivity index (χ1n) is 8.65. The van der Waals surface area contributed by atoms with Crippen LogP contribution in [-0.2, 0) is 0 Å². The highest BCUT2D eigenvalue weighted by Crippen LogP contribution is 2.45. The van der Waals surface area contributed by atoms with E-state index < -0.39 is 0 Å². The Hall–Kier alpha value is -2.26. The van der Waals surface area contributed by atoms with Gasteiger partial charge in [0.1, 0.15) is 0 Å². The topological polar surface area (TPSA) is 0 Å². The van der Waals surface area contributed by atoms with Crippen molar-refractivity contribution in [3.05, 3.63) is 65.2 Å². The second-order valence-electron chi connectivity index (χ2n) is 6.36. The Balaban J connectivity index is 1.80. The van der Waals surface area contributed by atoms with E-state index in [1.807, 2.05) is 0 Å². The van der Waals surface area contributed by atoms with E-state index in [2.05, 4.69) is 61.4 Å². The molecule has 0 saturated carbocycles. The van der Waals surface area contributed by atoms with Crippen molar-refractivity contribution in [3.63, 3.8) is 0 Å². The molecule has 0 spiro atoms. The quantitative estimate of drug-likeness (QED) is 0.362. The summed E-state index contributed by atoms with van der Waals surface area (Å²) in [7, 11) is 0. The SMILES string of the molecule is C#CCCCCCCC(C)=C1c2ccccc2-c2ccccc21. The lowest BCUT2D eigenvalue weighted by Gasteiger charge is -2.09. The molecule has 0 radical (unpaired) electrons. The monoisotopic (exact) mass is 300 g/mol. The van der Waals surface area contributed by atoms with Gasteiger partial charge in [0.05, 0.1) is 0 Å². The second kappa shape index (κ2) is 7.34. The molecule has 0 atom stereocenters. The van der Waals surface area contributed by atoms with Crippen LogP contribution >= 0.6 is 0 Å². The van der Waals surface area contributed by atoms with Crippen molar-refractivity contribution in [1.82, 2.24) is 0 Å². The molecule has 0 aromatic heterocycles. The van der Waals surface area contributed by atoms with Crippen LogP contribution in [-0.4, -0.2) is 0 Å². The molecule has 1 aliphatic carbocycles. The summed E-state index contributed by atoms with van der Waals surface area (Å²) in [5, 5.41) is 0. The minimum absolute atomic E-state index is 0.917. The Morgan fingerprint density at radius 1 is 0.783 bits per heavy atom. The van der Waals surface area contributed by atoms with E-state index >= 15 is 0 Å². The van der Waals surface area contributed by atoms with E-state index in [4.69, 9.17) is 6.42 Å². The third-order valence-corrected chi connectivity index (χ3v) is 4.73. The number of fused-ring (bicyclic) bond motifs is 3. The van der Waals surface area contributed by atoms with Gasteiger partial charge in [0, 0.05) is 6.42 Å². The Labute approximate surface area is 140 Å². The molecule has 0 bridgehead atoms. The lowest BCUT2D eigenvalue weighted by atomic mass is 9.95. The molecular weight excluding hydrogens is 276 g/mol. The van der Waals surface area contributed by atoms with Crippen molar-refractivity contribution >= 4 is 5.57 Å². The van der Waals surface area contributed by atoms with Crippen LogP contribution in [0.15, 0.2) is 54.1 Å². The van der Waals surface area contributed by atoms with E-state index in [0.29, 0.717) is 0 Å². The Bertz CT molecular complexity index is 708. The summed E-state index contributed by atoms with van der Waals surface area (Å²) in [6, 6.07) is 17.6. The van der Waals surface area contributed by atoms with Gasteiger partial charge in [-0.1, -0.05) is 66.9 Å². The minimum Gasteiger partial charge on any atom is -0.120 e. The Kier molecular flexibility index (Phi) is 4.99. The summed E-state index contributed by atoms with van der Waals surface area (Å²) in [6.07, 6.45) is 12.3. The first-order valence-corrected chi connectivity index (χ1v) is 8.65. The van der Waals surface area contributed by atoms with Crippen LogP contribution in [0, 0.1) is 12.3 Å². The molecule has 2 aromatic carbocycles. The number of terminal acetylenes is 1. The van der Waals surface area contributed by atoms with Crippen molar-refractivity contribution < 1.29 is 0 Å². The van der Waals surface area contributed by atoms with E-state index in [-0.39, 0.29) is 0 Å².